The van der Waals surface area contributed by atoms with Crippen LogP contribution in [0.3, 0.4) is 0 Å². The minimum atomic E-state index is -3.63. The minimum absolute atomic E-state index is 0.157. The number of hydrogen-bond donors (Lipinski definition) is 0. The average molecular weight is 360 g/mol. The van der Waals surface area contributed by atoms with E-state index in [4.69, 9.17) is 14.7 Å². The van der Waals surface area contributed by atoms with E-state index >= 15 is 0 Å². The third-order valence-electron chi connectivity index (χ3n) is 3.83. The molecule has 8 nitrogen and oxygen atoms in total. The van der Waals surface area contributed by atoms with E-state index in [9.17, 15) is 8.42 Å². The van der Waals surface area contributed by atoms with Crippen LogP contribution in [0.15, 0.2) is 41.6 Å². The molecule has 1 aliphatic heterocycles. The molecular weight excluding hydrogens is 344 g/mol. The van der Waals surface area contributed by atoms with Gasteiger partial charge in [-0.1, -0.05) is 0 Å². The van der Waals surface area contributed by atoms with Crippen molar-refractivity contribution in [2.75, 3.05) is 20.2 Å². The van der Waals surface area contributed by atoms with E-state index in [2.05, 4.69) is 9.97 Å². The quantitative estimate of drug-likeness (QED) is 0.789. The molecule has 0 bridgehead atoms. The molecule has 0 saturated carbocycles. The number of aromatic nitrogens is 2. The van der Waals surface area contributed by atoms with Crippen LogP contribution in [0.2, 0.25) is 0 Å². The first-order valence-electron chi connectivity index (χ1n) is 7.56. The molecule has 1 saturated heterocycles. The Kier molecular flexibility index (Phi) is 4.83. The number of ether oxygens (including phenoxy) is 2. The Morgan fingerprint density at radius 2 is 1.88 bits per heavy atom. The highest BCUT2D eigenvalue weighted by Crippen LogP contribution is 2.26. The zero-order valence-corrected chi connectivity index (χ0v) is 14.3. The van der Waals surface area contributed by atoms with Crippen LogP contribution in [0.4, 0.5) is 0 Å². The lowest BCUT2D eigenvalue weighted by Crippen LogP contribution is -2.31. The molecule has 1 aromatic carbocycles. The van der Waals surface area contributed by atoms with E-state index in [0.29, 0.717) is 18.5 Å². The lowest BCUT2D eigenvalue weighted by Gasteiger charge is -2.17. The molecule has 2 heterocycles. The molecule has 1 aromatic heterocycles. The SMILES string of the molecule is COc1nccnc1O[C@H]1CCN(S(=O)(=O)c2ccc(C#N)cc2)C1. The molecule has 1 aliphatic rings. The molecule has 0 aliphatic carbocycles. The molecule has 0 radical (unpaired) electrons. The first-order valence-corrected chi connectivity index (χ1v) is 9.00. The predicted octanol–water partition coefficient (Wildman–Crippen LogP) is 1.20. The van der Waals surface area contributed by atoms with Crippen molar-refractivity contribution in [1.29, 1.82) is 5.26 Å². The number of nitrogens with zero attached hydrogens (tertiary/aromatic N) is 4. The smallest absolute Gasteiger partial charge is 0.278 e. The summed E-state index contributed by atoms with van der Waals surface area (Å²) in [4.78, 5) is 8.23. The highest BCUT2D eigenvalue weighted by Gasteiger charge is 2.34. The lowest BCUT2D eigenvalue weighted by molar-refractivity contribution is 0.194. The summed E-state index contributed by atoms with van der Waals surface area (Å²) in [7, 11) is -2.16. The van der Waals surface area contributed by atoms with E-state index in [1.165, 1.54) is 48.1 Å². The average Bonchev–Trinajstić information content (AvgIpc) is 3.11. The molecule has 0 N–H and O–H groups in total. The van der Waals surface area contributed by atoms with E-state index in [1.54, 1.807) is 0 Å². The van der Waals surface area contributed by atoms with Gasteiger partial charge in [0.1, 0.15) is 6.10 Å². The van der Waals surface area contributed by atoms with Gasteiger partial charge in [-0.3, -0.25) is 0 Å². The number of sulfonamides is 1. The van der Waals surface area contributed by atoms with Crippen molar-refractivity contribution >= 4 is 10.0 Å². The standard InChI is InChI=1S/C16H16N4O4S/c1-23-15-16(19-8-7-18-15)24-13-6-9-20(11-13)25(21,22)14-4-2-12(10-17)3-5-14/h2-5,7-8,13H,6,9,11H2,1H3/t13-/m0/s1. The van der Waals surface area contributed by atoms with Crippen LogP contribution < -0.4 is 9.47 Å². The molecule has 130 valence electrons. The van der Waals surface area contributed by atoms with Gasteiger partial charge in [-0.25, -0.2) is 18.4 Å². The first-order chi connectivity index (χ1) is 12.0. The van der Waals surface area contributed by atoms with Crippen LogP contribution in [0.5, 0.6) is 11.8 Å². The zero-order chi connectivity index (χ0) is 17.9. The summed E-state index contributed by atoms with van der Waals surface area (Å²) < 4.78 is 37.6. The summed E-state index contributed by atoms with van der Waals surface area (Å²) in [5.74, 6) is 0.503. The summed E-state index contributed by atoms with van der Waals surface area (Å²) in [6, 6.07) is 7.82. The maximum absolute atomic E-state index is 12.7. The predicted molar refractivity (Wildman–Crippen MR) is 87.5 cm³/mol. The minimum Gasteiger partial charge on any atom is -0.477 e. The normalized spacial score (nSPS) is 17.8. The number of nitriles is 1. The second kappa shape index (κ2) is 7.04. The molecule has 1 atom stereocenters. The molecule has 0 spiro atoms. The number of methoxy groups -OCH3 is 1. The van der Waals surface area contributed by atoms with Crippen molar-refractivity contribution in [2.45, 2.75) is 17.4 Å². The maximum atomic E-state index is 12.7. The number of hydrogen-bond acceptors (Lipinski definition) is 7. The van der Waals surface area contributed by atoms with Crippen LogP contribution >= 0.6 is 0 Å². The Balaban J connectivity index is 1.72. The summed E-state index contributed by atoms with van der Waals surface area (Å²) in [5, 5.41) is 8.81. The van der Waals surface area contributed by atoms with E-state index in [-0.39, 0.29) is 29.3 Å². The lowest BCUT2D eigenvalue weighted by atomic mass is 10.2. The zero-order valence-electron chi connectivity index (χ0n) is 13.5. The van der Waals surface area contributed by atoms with Crippen LogP contribution in [-0.4, -0.2) is 49.0 Å². The van der Waals surface area contributed by atoms with Crippen LogP contribution in [0.25, 0.3) is 0 Å². The molecule has 1 fully saturated rings. The summed E-state index contributed by atoms with van der Waals surface area (Å²) in [6.07, 6.45) is 3.17. The molecule has 0 amide bonds. The van der Waals surface area contributed by atoms with E-state index < -0.39 is 10.0 Å². The van der Waals surface area contributed by atoms with Crippen molar-refractivity contribution < 1.29 is 17.9 Å². The van der Waals surface area contributed by atoms with Gasteiger partial charge < -0.3 is 9.47 Å². The fraction of sp³-hybridized carbons (Fsp3) is 0.312. The largest absolute Gasteiger partial charge is 0.477 e. The number of rotatable bonds is 5. The second-order valence-corrected chi connectivity index (χ2v) is 7.34. The van der Waals surface area contributed by atoms with Gasteiger partial charge in [-0.2, -0.15) is 9.57 Å². The molecular formula is C16H16N4O4S. The van der Waals surface area contributed by atoms with Gasteiger partial charge in [-0.05, 0) is 30.7 Å². The second-order valence-electron chi connectivity index (χ2n) is 5.40. The molecule has 2 aromatic rings. The topological polar surface area (TPSA) is 105 Å². The highest BCUT2D eigenvalue weighted by molar-refractivity contribution is 7.89. The monoisotopic (exact) mass is 360 g/mol. The Hall–Kier alpha value is -2.70. The van der Waals surface area contributed by atoms with Gasteiger partial charge in [0, 0.05) is 18.9 Å². The van der Waals surface area contributed by atoms with Crippen molar-refractivity contribution in [2.24, 2.45) is 0 Å². The Morgan fingerprint density at radius 1 is 1.20 bits per heavy atom. The third-order valence-corrected chi connectivity index (χ3v) is 5.71. The highest BCUT2D eigenvalue weighted by atomic mass is 32.2. The first kappa shape index (κ1) is 17.1. The Labute approximate surface area is 145 Å². The van der Waals surface area contributed by atoms with Crippen molar-refractivity contribution in [3.05, 3.63) is 42.2 Å². The maximum Gasteiger partial charge on any atom is 0.278 e. The fourth-order valence-corrected chi connectivity index (χ4v) is 4.04. The fourth-order valence-electron chi connectivity index (χ4n) is 2.55. The summed E-state index contributed by atoms with van der Waals surface area (Å²) in [6.45, 7) is 0.553. The van der Waals surface area contributed by atoms with Crippen LogP contribution in [-0.2, 0) is 10.0 Å². The van der Waals surface area contributed by atoms with Gasteiger partial charge >= 0.3 is 0 Å². The Morgan fingerprint density at radius 3 is 2.52 bits per heavy atom. The number of benzene rings is 1. The molecule has 0 unspecified atom stereocenters. The molecule has 3 rings (SSSR count). The van der Waals surface area contributed by atoms with Crippen molar-refractivity contribution in [3.63, 3.8) is 0 Å². The van der Waals surface area contributed by atoms with Gasteiger partial charge in [0.05, 0.1) is 30.2 Å². The van der Waals surface area contributed by atoms with Crippen LogP contribution in [0.1, 0.15) is 12.0 Å². The van der Waals surface area contributed by atoms with Crippen LogP contribution in [0, 0.1) is 11.3 Å². The van der Waals surface area contributed by atoms with Gasteiger partial charge in [-0.15, -0.1) is 0 Å². The molecule has 25 heavy (non-hydrogen) atoms. The summed E-state index contributed by atoms with van der Waals surface area (Å²) >= 11 is 0. The van der Waals surface area contributed by atoms with Gasteiger partial charge in [0.25, 0.3) is 11.8 Å². The van der Waals surface area contributed by atoms with E-state index in [1.807, 2.05) is 6.07 Å². The van der Waals surface area contributed by atoms with E-state index in [0.717, 1.165) is 0 Å². The van der Waals surface area contributed by atoms with Gasteiger partial charge in [0.2, 0.25) is 10.0 Å². The van der Waals surface area contributed by atoms with Gasteiger partial charge in [0.15, 0.2) is 0 Å². The Bertz CT molecular complexity index is 893. The molecule has 9 heteroatoms. The van der Waals surface area contributed by atoms with Crippen molar-refractivity contribution in [1.82, 2.24) is 14.3 Å². The summed E-state index contributed by atoms with van der Waals surface area (Å²) in [5.41, 5.74) is 0.413. The third kappa shape index (κ3) is 3.55. The van der Waals surface area contributed by atoms with Crippen molar-refractivity contribution in [3.8, 4) is 17.8 Å².